The van der Waals surface area contributed by atoms with Crippen molar-refractivity contribution in [3.8, 4) is 0 Å². The summed E-state index contributed by atoms with van der Waals surface area (Å²) in [6, 6.07) is 0. The van der Waals surface area contributed by atoms with Crippen molar-refractivity contribution in [3.05, 3.63) is 0 Å². The molecule has 0 radical (unpaired) electrons. The number of hydrogen-bond acceptors (Lipinski definition) is 4. The highest BCUT2D eigenvalue weighted by atomic mass is 32.2. The zero-order valence-corrected chi connectivity index (χ0v) is 11.5. The molecule has 100 valence electrons. The normalized spacial score (nSPS) is 33.9. The van der Waals surface area contributed by atoms with Crippen LogP contribution in [0.2, 0.25) is 0 Å². The molecule has 2 heterocycles. The summed E-state index contributed by atoms with van der Waals surface area (Å²) in [5, 5.41) is 6.83. The Morgan fingerprint density at radius 3 is 2.65 bits per heavy atom. The summed E-state index contributed by atoms with van der Waals surface area (Å²) in [6.07, 6.45) is 4.46. The van der Waals surface area contributed by atoms with Crippen LogP contribution in [0.1, 0.15) is 32.6 Å². The molecule has 2 aliphatic heterocycles. The lowest BCUT2D eigenvalue weighted by molar-refractivity contribution is 0.320. The van der Waals surface area contributed by atoms with Gasteiger partial charge in [-0.25, -0.2) is 8.42 Å². The molecule has 1 atom stereocenters. The molecule has 0 saturated carbocycles. The van der Waals surface area contributed by atoms with Crippen molar-refractivity contribution in [2.24, 2.45) is 5.92 Å². The van der Waals surface area contributed by atoms with Crippen molar-refractivity contribution in [2.75, 3.05) is 31.1 Å². The second-order valence-corrected chi connectivity index (χ2v) is 8.00. The fourth-order valence-corrected chi connectivity index (χ4v) is 5.02. The van der Waals surface area contributed by atoms with E-state index >= 15 is 0 Å². The largest absolute Gasteiger partial charge is 0.317 e. The maximum atomic E-state index is 11.5. The van der Waals surface area contributed by atoms with Crippen molar-refractivity contribution >= 4 is 9.84 Å². The molecule has 0 aromatic rings. The van der Waals surface area contributed by atoms with E-state index in [0.717, 1.165) is 32.0 Å². The predicted octanol–water partition coefficient (Wildman–Crippen LogP) is 0.543. The summed E-state index contributed by atoms with van der Waals surface area (Å²) in [4.78, 5) is 0. The van der Waals surface area contributed by atoms with Crippen LogP contribution in [0, 0.1) is 5.92 Å². The van der Waals surface area contributed by atoms with Crippen molar-refractivity contribution < 1.29 is 8.42 Å². The number of sulfone groups is 1. The van der Waals surface area contributed by atoms with Gasteiger partial charge in [-0.05, 0) is 58.2 Å². The molecular formula is C12H24N2O2S. The van der Waals surface area contributed by atoms with Crippen LogP contribution in [0.15, 0.2) is 0 Å². The van der Waals surface area contributed by atoms with Crippen LogP contribution in [0.25, 0.3) is 0 Å². The summed E-state index contributed by atoms with van der Waals surface area (Å²) in [5.41, 5.74) is -0.175. The average molecular weight is 260 g/mol. The minimum Gasteiger partial charge on any atom is -0.317 e. The van der Waals surface area contributed by atoms with Crippen molar-refractivity contribution in [1.29, 1.82) is 0 Å². The zero-order valence-electron chi connectivity index (χ0n) is 10.7. The molecule has 1 unspecified atom stereocenters. The lowest BCUT2D eigenvalue weighted by Gasteiger charge is -2.27. The van der Waals surface area contributed by atoms with E-state index in [4.69, 9.17) is 0 Å². The van der Waals surface area contributed by atoms with Gasteiger partial charge in [0.2, 0.25) is 0 Å². The molecule has 0 amide bonds. The van der Waals surface area contributed by atoms with Crippen LogP contribution in [-0.2, 0) is 9.84 Å². The van der Waals surface area contributed by atoms with Gasteiger partial charge in [-0.15, -0.1) is 0 Å². The summed E-state index contributed by atoms with van der Waals surface area (Å²) in [7, 11) is -2.78. The Bertz CT molecular complexity index is 350. The second-order valence-electron chi connectivity index (χ2n) is 5.81. The summed E-state index contributed by atoms with van der Waals surface area (Å²) >= 11 is 0. The smallest absolute Gasteiger partial charge is 0.152 e. The van der Waals surface area contributed by atoms with Crippen LogP contribution in [-0.4, -0.2) is 45.1 Å². The van der Waals surface area contributed by atoms with Gasteiger partial charge in [0, 0.05) is 5.54 Å². The summed E-state index contributed by atoms with van der Waals surface area (Å²) in [5.74, 6) is 1.47. The van der Waals surface area contributed by atoms with Crippen LogP contribution in [0.3, 0.4) is 0 Å². The Labute approximate surface area is 104 Å². The van der Waals surface area contributed by atoms with Crippen molar-refractivity contribution in [1.82, 2.24) is 10.6 Å². The topological polar surface area (TPSA) is 58.2 Å². The first kappa shape index (κ1) is 13.3. The van der Waals surface area contributed by atoms with E-state index in [1.807, 2.05) is 6.92 Å². The molecular weight excluding hydrogens is 236 g/mol. The number of rotatable bonds is 4. The van der Waals surface area contributed by atoms with E-state index in [-0.39, 0.29) is 5.54 Å². The molecule has 0 bridgehead atoms. The Hall–Kier alpha value is -0.130. The third-order valence-electron chi connectivity index (χ3n) is 4.07. The molecule has 2 aliphatic rings. The molecule has 0 spiro atoms. The highest BCUT2D eigenvalue weighted by molar-refractivity contribution is 7.91. The zero-order chi connectivity index (χ0) is 12.4. The van der Waals surface area contributed by atoms with Gasteiger partial charge >= 0.3 is 0 Å². The van der Waals surface area contributed by atoms with Gasteiger partial charge in [0.25, 0.3) is 0 Å². The molecule has 17 heavy (non-hydrogen) atoms. The third kappa shape index (κ3) is 3.93. The van der Waals surface area contributed by atoms with Crippen LogP contribution < -0.4 is 10.6 Å². The van der Waals surface area contributed by atoms with Gasteiger partial charge < -0.3 is 10.6 Å². The first-order valence-electron chi connectivity index (χ1n) is 6.65. The number of piperidine rings is 1. The third-order valence-corrected chi connectivity index (χ3v) is 5.97. The molecule has 0 aromatic carbocycles. The highest BCUT2D eigenvalue weighted by Crippen LogP contribution is 2.23. The fourth-order valence-electron chi connectivity index (χ4n) is 2.90. The van der Waals surface area contributed by atoms with Gasteiger partial charge in [0.05, 0.1) is 11.5 Å². The first-order valence-corrected chi connectivity index (χ1v) is 8.47. The first-order chi connectivity index (χ1) is 7.99. The lowest BCUT2D eigenvalue weighted by atomic mass is 9.94. The Morgan fingerprint density at radius 1 is 1.35 bits per heavy atom. The molecule has 0 aliphatic carbocycles. The predicted molar refractivity (Wildman–Crippen MR) is 69.9 cm³/mol. The maximum Gasteiger partial charge on any atom is 0.152 e. The Morgan fingerprint density at radius 2 is 2.06 bits per heavy atom. The van der Waals surface area contributed by atoms with Crippen LogP contribution in [0.5, 0.6) is 0 Å². The molecule has 5 heteroatoms. The quantitative estimate of drug-likeness (QED) is 0.775. The monoisotopic (exact) mass is 260 g/mol. The fraction of sp³-hybridized carbons (Fsp3) is 1.00. The molecule has 2 N–H and O–H groups in total. The standard InChI is InChI=1S/C12H24N2O2S/c1-12(5-9-17(15,16)10-12)14-8-4-11-2-6-13-7-3-11/h11,13-14H,2-10H2,1H3. The maximum absolute atomic E-state index is 11.5. The van der Waals surface area contributed by atoms with E-state index in [2.05, 4.69) is 10.6 Å². The Balaban J connectivity index is 1.71. The number of hydrogen-bond donors (Lipinski definition) is 2. The molecule has 2 saturated heterocycles. The molecule has 2 rings (SSSR count). The summed E-state index contributed by atoms with van der Waals surface area (Å²) < 4.78 is 22.9. The Kier molecular flexibility index (Phi) is 4.10. The number of nitrogens with one attached hydrogen (secondary N) is 2. The molecule has 4 nitrogen and oxygen atoms in total. The molecule has 2 fully saturated rings. The summed E-state index contributed by atoms with van der Waals surface area (Å²) in [6.45, 7) is 5.27. The second kappa shape index (κ2) is 5.24. The highest BCUT2D eigenvalue weighted by Gasteiger charge is 2.37. The molecule has 0 aromatic heterocycles. The van der Waals surface area contributed by atoms with E-state index in [1.54, 1.807) is 0 Å². The minimum absolute atomic E-state index is 0.175. The minimum atomic E-state index is -2.78. The average Bonchev–Trinajstić information content (AvgIpc) is 2.55. The van der Waals surface area contributed by atoms with Crippen molar-refractivity contribution in [2.45, 2.75) is 38.1 Å². The van der Waals surface area contributed by atoms with Gasteiger partial charge in [0.1, 0.15) is 0 Å². The van der Waals surface area contributed by atoms with E-state index < -0.39 is 9.84 Å². The van der Waals surface area contributed by atoms with Gasteiger partial charge in [-0.2, -0.15) is 0 Å². The van der Waals surface area contributed by atoms with Gasteiger partial charge in [0.15, 0.2) is 9.84 Å². The van der Waals surface area contributed by atoms with Crippen LogP contribution in [0.4, 0.5) is 0 Å². The van der Waals surface area contributed by atoms with Gasteiger partial charge in [-0.1, -0.05) is 0 Å². The van der Waals surface area contributed by atoms with E-state index in [1.165, 1.54) is 19.3 Å². The van der Waals surface area contributed by atoms with E-state index in [0.29, 0.717) is 11.5 Å². The lowest BCUT2D eigenvalue weighted by Crippen LogP contribution is -2.44. The van der Waals surface area contributed by atoms with E-state index in [9.17, 15) is 8.42 Å². The van der Waals surface area contributed by atoms with Crippen LogP contribution >= 0.6 is 0 Å². The van der Waals surface area contributed by atoms with Crippen molar-refractivity contribution in [3.63, 3.8) is 0 Å². The van der Waals surface area contributed by atoms with Gasteiger partial charge in [-0.3, -0.25) is 0 Å². The SMILES string of the molecule is CC1(NCCC2CCNCC2)CCS(=O)(=O)C1.